The Morgan fingerprint density at radius 3 is 2.32 bits per heavy atom. The van der Waals surface area contributed by atoms with E-state index in [2.05, 4.69) is 13.8 Å². The van der Waals surface area contributed by atoms with Crippen molar-refractivity contribution in [3.05, 3.63) is 68.7 Å². The summed E-state index contributed by atoms with van der Waals surface area (Å²) in [7, 11) is -3.62. The summed E-state index contributed by atoms with van der Waals surface area (Å²) in [4.78, 5) is 13.0. The predicted molar refractivity (Wildman–Crippen MR) is 136 cm³/mol. The zero-order valence-electron chi connectivity index (χ0n) is 19.5. The van der Waals surface area contributed by atoms with Crippen molar-refractivity contribution in [2.45, 2.75) is 44.8 Å². The Kier molecular flexibility index (Phi) is 7.75. The first-order chi connectivity index (χ1) is 16.1. The Labute approximate surface area is 212 Å². The fourth-order valence-corrected chi connectivity index (χ4v) is 8.46. The first-order valence-electron chi connectivity index (χ1n) is 11.8. The lowest BCUT2D eigenvalue weighted by Crippen LogP contribution is -2.45. The molecule has 0 radical (unpaired) electrons. The van der Waals surface area contributed by atoms with Gasteiger partial charge in [-0.05, 0) is 65.8 Å². The van der Waals surface area contributed by atoms with Crippen LogP contribution in [-0.4, -0.2) is 43.3 Å². The Morgan fingerprint density at radius 2 is 1.71 bits per heavy atom. The number of aliphatic hydroxyl groups excluding tert-OH is 1. The van der Waals surface area contributed by atoms with Gasteiger partial charge < -0.3 is 5.11 Å². The van der Waals surface area contributed by atoms with Gasteiger partial charge in [0.05, 0.1) is 15.6 Å². The van der Waals surface area contributed by atoms with Gasteiger partial charge in [0.1, 0.15) is 5.25 Å². The number of sulfonamides is 1. The van der Waals surface area contributed by atoms with Gasteiger partial charge in [-0.2, -0.15) is 0 Å². The molecule has 5 nitrogen and oxygen atoms in total. The molecule has 1 aliphatic heterocycles. The van der Waals surface area contributed by atoms with E-state index >= 15 is 0 Å². The molecule has 4 atom stereocenters. The van der Waals surface area contributed by atoms with E-state index in [4.69, 9.17) is 23.2 Å². The van der Waals surface area contributed by atoms with Crippen molar-refractivity contribution in [2.24, 2.45) is 17.8 Å². The van der Waals surface area contributed by atoms with Gasteiger partial charge in [0.2, 0.25) is 10.0 Å². The Bertz CT molecular complexity index is 1150. The average molecular weight is 525 g/mol. The number of hydrogen-bond donors (Lipinski definition) is 1. The molecule has 34 heavy (non-hydrogen) atoms. The molecule has 8 heteroatoms. The molecule has 1 fully saturated rings. The van der Waals surface area contributed by atoms with Crippen molar-refractivity contribution in [1.29, 1.82) is 0 Å². The normalized spacial score (nSPS) is 25.7. The van der Waals surface area contributed by atoms with Crippen LogP contribution < -0.4 is 0 Å². The molecule has 2 aromatic carbocycles. The Hall–Kier alpha value is -1.44. The maximum absolute atomic E-state index is 13.8. The second kappa shape index (κ2) is 10.3. The molecule has 0 bridgehead atoms. The van der Waals surface area contributed by atoms with E-state index in [1.807, 2.05) is 18.2 Å². The van der Waals surface area contributed by atoms with Crippen molar-refractivity contribution in [3.63, 3.8) is 0 Å². The molecule has 1 unspecified atom stereocenters. The molecule has 184 valence electrons. The summed E-state index contributed by atoms with van der Waals surface area (Å²) < 4.78 is 29.3. The van der Waals surface area contributed by atoms with Gasteiger partial charge >= 0.3 is 0 Å². The van der Waals surface area contributed by atoms with E-state index in [1.54, 1.807) is 22.5 Å². The van der Waals surface area contributed by atoms with Crippen molar-refractivity contribution < 1.29 is 18.3 Å². The number of Topliss-reactive ketones (excluding diaryl/α,β-unsaturated/α-hetero) is 1. The van der Waals surface area contributed by atoms with Gasteiger partial charge in [0.15, 0.2) is 5.78 Å². The highest BCUT2D eigenvalue weighted by Gasteiger charge is 2.41. The van der Waals surface area contributed by atoms with Crippen LogP contribution in [0.5, 0.6) is 0 Å². The summed E-state index contributed by atoms with van der Waals surface area (Å²) >= 11 is 12.4. The molecule has 0 amide bonds. The zero-order chi connectivity index (χ0) is 24.6. The van der Waals surface area contributed by atoms with Crippen molar-refractivity contribution in [2.75, 3.05) is 19.7 Å². The van der Waals surface area contributed by atoms with Crippen LogP contribution in [0.4, 0.5) is 0 Å². The number of fused-ring (bicyclic) bond motifs is 1. The fraction of sp³-hybridized carbons (Fsp3) is 0.500. The standard InChI is InChI=1S/C26H31Cl2NO4S/c1-16-8-17(2)14-29(13-16)34(32,33)25-12-19(15-30)9-20-7-6-18(10-21(20)25)11-24(31)26-22(27)4-3-5-23(26)28/h3-7,10,16-17,19,25,30H,8-9,11-15H2,1-2H3/t16-,17+,19-,25?/m1/s1. The molecule has 1 saturated heterocycles. The number of nitrogens with zero attached hydrogens (tertiary/aromatic N) is 1. The summed E-state index contributed by atoms with van der Waals surface area (Å²) in [6, 6.07) is 10.6. The summed E-state index contributed by atoms with van der Waals surface area (Å²) in [6.45, 7) is 5.17. The van der Waals surface area contributed by atoms with Gasteiger partial charge in [0, 0.05) is 26.1 Å². The smallest absolute Gasteiger partial charge is 0.221 e. The van der Waals surface area contributed by atoms with Gasteiger partial charge in [-0.1, -0.05) is 61.3 Å². The molecule has 2 aromatic rings. The number of piperidine rings is 1. The average Bonchev–Trinajstić information content (AvgIpc) is 2.77. The number of benzene rings is 2. The maximum atomic E-state index is 13.8. The van der Waals surface area contributed by atoms with Gasteiger partial charge in [-0.15, -0.1) is 0 Å². The summed E-state index contributed by atoms with van der Waals surface area (Å²) in [5, 5.41) is 9.74. The molecular weight excluding hydrogens is 493 g/mol. The first kappa shape index (κ1) is 25.6. The van der Waals surface area contributed by atoms with Crippen LogP contribution in [-0.2, 0) is 22.9 Å². The lowest BCUT2D eigenvalue weighted by Gasteiger charge is -2.39. The van der Waals surface area contributed by atoms with Crippen LogP contribution in [0.2, 0.25) is 10.0 Å². The zero-order valence-corrected chi connectivity index (χ0v) is 21.8. The summed E-state index contributed by atoms with van der Waals surface area (Å²) in [6.07, 6.45) is 2.09. The highest BCUT2D eigenvalue weighted by molar-refractivity contribution is 7.89. The van der Waals surface area contributed by atoms with E-state index in [-0.39, 0.29) is 30.3 Å². The second-order valence-corrected chi connectivity index (χ2v) is 12.9. The number of ketones is 1. The van der Waals surface area contributed by atoms with Crippen LogP contribution >= 0.6 is 23.2 Å². The van der Waals surface area contributed by atoms with E-state index in [1.165, 1.54) is 0 Å². The predicted octanol–water partition coefficient (Wildman–Crippen LogP) is 5.32. The van der Waals surface area contributed by atoms with Crippen molar-refractivity contribution in [3.8, 4) is 0 Å². The lowest BCUT2D eigenvalue weighted by atomic mass is 9.82. The highest BCUT2D eigenvalue weighted by Crippen LogP contribution is 2.42. The minimum absolute atomic E-state index is 0.0521. The number of aliphatic hydroxyl groups is 1. The quantitative estimate of drug-likeness (QED) is 0.519. The third-order valence-corrected chi connectivity index (χ3v) is 9.85. The Morgan fingerprint density at radius 1 is 1.06 bits per heavy atom. The Balaban J connectivity index is 1.68. The van der Waals surface area contributed by atoms with Gasteiger partial charge in [0.25, 0.3) is 0 Å². The molecule has 0 saturated carbocycles. The van der Waals surface area contributed by atoms with Crippen LogP contribution in [0.3, 0.4) is 0 Å². The van der Waals surface area contributed by atoms with E-state index < -0.39 is 15.3 Å². The number of carbonyl (C=O) groups is 1. The number of halogens is 2. The molecule has 0 spiro atoms. The number of rotatable bonds is 6. The molecular formula is C26H31Cl2NO4S. The minimum atomic E-state index is -3.62. The molecule has 1 N–H and O–H groups in total. The second-order valence-electron chi connectivity index (χ2n) is 10.0. The maximum Gasteiger partial charge on any atom is 0.221 e. The summed E-state index contributed by atoms with van der Waals surface area (Å²) in [5.41, 5.74) is 2.67. The molecule has 1 aliphatic carbocycles. The molecule has 0 aromatic heterocycles. The lowest BCUT2D eigenvalue weighted by molar-refractivity contribution is 0.0993. The minimum Gasteiger partial charge on any atom is -0.396 e. The molecule has 4 rings (SSSR count). The molecule has 1 heterocycles. The van der Waals surface area contributed by atoms with E-state index in [0.29, 0.717) is 47.8 Å². The molecule has 2 aliphatic rings. The largest absolute Gasteiger partial charge is 0.396 e. The third kappa shape index (κ3) is 5.21. The SMILES string of the molecule is C[C@@H]1C[C@H](C)CN(S(=O)(=O)C2C[C@H](CO)Cc3ccc(CC(=O)c4c(Cl)cccc4Cl)cc32)C1. The van der Waals surface area contributed by atoms with Crippen LogP contribution in [0.15, 0.2) is 36.4 Å². The van der Waals surface area contributed by atoms with Crippen LogP contribution in [0.25, 0.3) is 0 Å². The number of hydrogen-bond acceptors (Lipinski definition) is 4. The van der Waals surface area contributed by atoms with Gasteiger partial charge in [-0.3, -0.25) is 4.79 Å². The fourth-order valence-electron chi connectivity index (χ4n) is 5.52. The highest BCUT2D eigenvalue weighted by atomic mass is 35.5. The third-order valence-electron chi connectivity index (χ3n) is 7.03. The van der Waals surface area contributed by atoms with Crippen molar-refractivity contribution in [1.82, 2.24) is 4.31 Å². The van der Waals surface area contributed by atoms with Crippen LogP contribution in [0.1, 0.15) is 59.0 Å². The van der Waals surface area contributed by atoms with Crippen molar-refractivity contribution >= 4 is 39.0 Å². The first-order valence-corrected chi connectivity index (χ1v) is 14.0. The van der Waals surface area contributed by atoms with E-state index in [0.717, 1.165) is 23.1 Å². The monoisotopic (exact) mass is 523 g/mol. The van der Waals surface area contributed by atoms with Crippen LogP contribution in [0, 0.1) is 17.8 Å². The van der Waals surface area contributed by atoms with Gasteiger partial charge in [-0.25, -0.2) is 12.7 Å². The summed E-state index contributed by atoms with van der Waals surface area (Å²) in [5.74, 6) is 0.290. The van der Waals surface area contributed by atoms with E-state index in [9.17, 15) is 18.3 Å². The number of carbonyl (C=O) groups excluding carboxylic acids is 1. The topological polar surface area (TPSA) is 74.7 Å².